The first-order chi connectivity index (χ1) is 39.7. The van der Waals surface area contributed by atoms with E-state index in [0.717, 1.165) is 66.0 Å². The summed E-state index contributed by atoms with van der Waals surface area (Å²) < 4.78 is 63.5. The molecule has 83 heavy (non-hydrogen) atoms. The average Bonchev–Trinajstić information content (AvgIpc) is 4.03. The molecule has 2 bridgehead atoms. The van der Waals surface area contributed by atoms with Crippen molar-refractivity contribution in [2.75, 3.05) is 90.0 Å². The lowest BCUT2D eigenvalue weighted by atomic mass is 9.88. The predicted octanol–water partition coefficient (Wildman–Crippen LogP) is 7.92. The number of piperazine rings is 2. The maximum atomic E-state index is 14.1. The van der Waals surface area contributed by atoms with Gasteiger partial charge in [0, 0.05) is 39.3 Å². The van der Waals surface area contributed by atoms with Crippen LogP contribution in [0.15, 0.2) is 96.8 Å². The van der Waals surface area contributed by atoms with Crippen LogP contribution in [0.2, 0.25) is 0 Å². The number of allylic oxidation sites excluding steroid dienone is 4. The first-order valence-electron chi connectivity index (χ1n) is 27.7. The van der Waals surface area contributed by atoms with Gasteiger partial charge in [-0.3, -0.25) is 9.59 Å². The molecule has 0 radical (unpaired) electrons. The standard InChI is InChI=1S/C59H76N10O10S4/c1-38-9-13-41(39(2)42-17-21-45(22-18-42)50-34-60-54(62-50)52-36-66(82(7,74)75)27-29-68(52)56(70)48(25-31-80-5)64-58(72)78-3)15-11-40-12-16-43(14-10-38)47(33-40)44-19-23-46(24-20-44)51-35-61-55(63-51)53-37-67(83(8,76)77)28-30-69(53)57(71)49(26-32-81-6)65-59(73)79-4/h9,12-13,16-24,33-35,38,48-49,52-53H,10-11,14-15,25-32,36-37H2,1-8H3,(H,60,62)(H,61,63)(H,64,72)(H,65,73)/b13-9-,41-39-/t38-,48-,49-,52-,53-/m0/s1. The molecule has 0 spiro atoms. The predicted molar refractivity (Wildman–Crippen MR) is 327 cm³/mol. The Labute approximate surface area is 496 Å². The Morgan fingerprint density at radius 2 is 1.16 bits per heavy atom. The number of fused-ring (bicyclic) bond motifs is 8. The number of ether oxygens (including phenoxy) is 2. The molecule has 9 rings (SSSR count). The highest BCUT2D eigenvalue weighted by atomic mass is 32.2. The lowest BCUT2D eigenvalue weighted by Gasteiger charge is -2.40. The van der Waals surface area contributed by atoms with E-state index in [9.17, 15) is 36.0 Å². The van der Waals surface area contributed by atoms with Gasteiger partial charge in [0.15, 0.2) is 0 Å². The fourth-order valence-electron chi connectivity index (χ4n) is 10.8. The summed E-state index contributed by atoms with van der Waals surface area (Å²) in [6, 6.07) is 20.2. The Morgan fingerprint density at radius 1 is 0.675 bits per heavy atom. The molecule has 0 saturated carbocycles. The van der Waals surface area contributed by atoms with Crippen molar-refractivity contribution >= 4 is 73.1 Å². The maximum absolute atomic E-state index is 14.1. The van der Waals surface area contributed by atoms with Gasteiger partial charge in [-0.2, -0.15) is 32.1 Å². The van der Waals surface area contributed by atoms with Gasteiger partial charge in [0.1, 0.15) is 35.8 Å². The molecule has 3 aromatic carbocycles. The highest BCUT2D eigenvalue weighted by molar-refractivity contribution is 7.98. The van der Waals surface area contributed by atoms with E-state index in [1.165, 1.54) is 45.1 Å². The van der Waals surface area contributed by atoms with Gasteiger partial charge in [0.05, 0.1) is 50.5 Å². The van der Waals surface area contributed by atoms with Gasteiger partial charge in [-0.05, 0) is 125 Å². The Kier molecular flexibility index (Phi) is 21.1. The summed E-state index contributed by atoms with van der Waals surface area (Å²) in [6.07, 6.45) is 16.9. The second kappa shape index (κ2) is 28.0. The van der Waals surface area contributed by atoms with E-state index in [4.69, 9.17) is 19.4 Å². The molecule has 2 aliphatic carbocycles. The van der Waals surface area contributed by atoms with E-state index in [2.05, 4.69) is 89.1 Å². The van der Waals surface area contributed by atoms with E-state index < -0.39 is 56.4 Å². The second-order valence-electron chi connectivity index (χ2n) is 21.3. The number of rotatable bonds is 18. The number of aryl methyl sites for hydroxylation is 2. The Hall–Kier alpha value is -6.44. The van der Waals surface area contributed by atoms with Gasteiger partial charge < -0.3 is 39.9 Å². The third-order valence-corrected chi connectivity index (χ3v) is 19.6. The lowest BCUT2D eigenvalue weighted by molar-refractivity contribution is -0.138. The fourth-order valence-corrected chi connectivity index (χ4v) is 13.4. The molecule has 2 saturated heterocycles. The Morgan fingerprint density at radius 3 is 1.63 bits per heavy atom. The minimum Gasteiger partial charge on any atom is -0.453 e. The number of methoxy groups -OCH3 is 2. The normalized spacial score (nSPS) is 20.1. The van der Waals surface area contributed by atoms with E-state index in [1.807, 2.05) is 36.8 Å². The van der Waals surface area contributed by atoms with Gasteiger partial charge in [-0.25, -0.2) is 36.4 Å². The van der Waals surface area contributed by atoms with E-state index in [0.29, 0.717) is 53.3 Å². The largest absolute Gasteiger partial charge is 0.453 e. The summed E-state index contributed by atoms with van der Waals surface area (Å²) in [6.45, 7) is 4.87. The highest BCUT2D eigenvalue weighted by Gasteiger charge is 2.41. The molecule has 4 aliphatic rings. The number of benzene rings is 3. The first-order valence-corrected chi connectivity index (χ1v) is 34.2. The Bertz CT molecular complexity index is 3400. The smallest absolute Gasteiger partial charge is 0.407 e. The zero-order valence-electron chi connectivity index (χ0n) is 48.3. The fraction of sp³-hybridized carbons (Fsp3) is 0.458. The van der Waals surface area contributed by atoms with Crippen molar-refractivity contribution in [2.24, 2.45) is 5.92 Å². The first kappa shape index (κ1) is 62.6. The molecule has 5 atom stereocenters. The molecule has 0 unspecified atom stereocenters. The minimum absolute atomic E-state index is 0.00252. The van der Waals surface area contributed by atoms with Crippen molar-refractivity contribution in [2.45, 2.75) is 76.5 Å². The number of nitrogens with zero attached hydrogens (tertiary/aromatic N) is 6. The molecule has 5 aromatic rings. The maximum Gasteiger partial charge on any atom is 0.407 e. The number of imidazole rings is 2. The van der Waals surface area contributed by atoms with Gasteiger partial charge in [-0.1, -0.05) is 85.8 Å². The van der Waals surface area contributed by atoms with Crippen LogP contribution < -0.4 is 10.6 Å². The van der Waals surface area contributed by atoms with Crippen LogP contribution in [0, 0.1) is 5.92 Å². The van der Waals surface area contributed by atoms with Crippen molar-refractivity contribution < 1.29 is 45.5 Å². The van der Waals surface area contributed by atoms with Crippen LogP contribution in [0.5, 0.6) is 0 Å². The number of H-pyrrole nitrogens is 2. The summed E-state index contributed by atoms with van der Waals surface area (Å²) in [4.78, 5) is 72.2. The van der Waals surface area contributed by atoms with Gasteiger partial charge in [-0.15, -0.1) is 0 Å². The van der Waals surface area contributed by atoms with Crippen molar-refractivity contribution in [3.05, 3.63) is 125 Å². The van der Waals surface area contributed by atoms with Crippen LogP contribution in [0.3, 0.4) is 0 Å². The molecule has 446 valence electrons. The molecular weight excluding hydrogens is 1140 g/mol. The average molecular weight is 1210 g/mol. The summed E-state index contributed by atoms with van der Waals surface area (Å²) in [5.74, 6) is 1.72. The van der Waals surface area contributed by atoms with Crippen LogP contribution in [-0.2, 0) is 52.0 Å². The monoisotopic (exact) mass is 1210 g/mol. The number of nitrogens with one attached hydrogen (secondary N) is 4. The van der Waals surface area contributed by atoms with Gasteiger partial charge in [0.2, 0.25) is 31.9 Å². The van der Waals surface area contributed by atoms with Crippen LogP contribution in [-0.4, -0.2) is 181 Å². The number of aromatic amines is 2. The van der Waals surface area contributed by atoms with Crippen molar-refractivity contribution in [3.63, 3.8) is 0 Å². The summed E-state index contributed by atoms with van der Waals surface area (Å²) in [5, 5.41) is 5.35. The lowest BCUT2D eigenvalue weighted by Crippen LogP contribution is -2.57. The second-order valence-corrected chi connectivity index (χ2v) is 27.2. The van der Waals surface area contributed by atoms with Crippen molar-refractivity contribution in [1.29, 1.82) is 0 Å². The molecule has 4 N–H and O–H groups in total. The zero-order valence-corrected chi connectivity index (χ0v) is 51.6. The van der Waals surface area contributed by atoms with Crippen molar-refractivity contribution in [1.82, 2.24) is 49.0 Å². The van der Waals surface area contributed by atoms with Gasteiger partial charge >= 0.3 is 12.2 Å². The van der Waals surface area contributed by atoms with E-state index in [1.54, 1.807) is 45.7 Å². The van der Waals surface area contributed by atoms with Crippen LogP contribution in [0.4, 0.5) is 9.59 Å². The Balaban J connectivity index is 0.991. The van der Waals surface area contributed by atoms with Crippen LogP contribution >= 0.6 is 23.5 Å². The highest BCUT2D eigenvalue weighted by Crippen LogP contribution is 2.35. The number of hydrogen-bond donors (Lipinski definition) is 4. The number of thioether (sulfide) groups is 2. The minimum atomic E-state index is -3.59. The molecule has 4 heterocycles. The molecule has 2 aliphatic heterocycles. The van der Waals surface area contributed by atoms with Crippen LogP contribution in [0.25, 0.3) is 39.2 Å². The molecule has 2 aromatic heterocycles. The molecule has 2 fully saturated rings. The molecule has 4 amide bonds. The van der Waals surface area contributed by atoms with Crippen molar-refractivity contribution in [3.8, 4) is 33.6 Å². The summed E-state index contributed by atoms with van der Waals surface area (Å²) in [5.41, 5.74) is 11.3. The molecule has 20 nitrogen and oxygen atoms in total. The third kappa shape index (κ3) is 15.7. The summed E-state index contributed by atoms with van der Waals surface area (Å²) in [7, 11) is -4.68. The SMILES string of the molecule is COC(=O)N[C@@H](CCSC)C(=O)N1CCN(S(C)(=O)=O)C[C@H]1c1ncc(-c2ccc(/C(C)=C3/C=C\[C@H](C)CCc4ccc(cc4-c4ccc(-c5cnc([C@@H]6CN(S(C)(=O)=O)CCN6C(=O)[C@H](CCSC)NC(=O)OC)[nH]5)cc4)CC3)cc2)[nH]1. The number of alkyl carbamates (subject to hydrolysis) is 2. The topological polar surface area (TPSA) is 249 Å². The molecule has 24 heteroatoms. The number of sulfonamides is 2. The number of hydrogen-bond acceptors (Lipinski definition) is 14. The summed E-state index contributed by atoms with van der Waals surface area (Å²) >= 11 is 3.10. The number of aromatic nitrogens is 4. The quantitative estimate of drug-likeness (QED) is 0.0651. The van der Waals surface area contributed by atoms with E-state index >= 15 is 0 Å². The number of amides is 4. The molecular formula is C59H76N10O10S4. The number of carbonyl (C=O) groups excluding carboxylic acids is 4. The van der Waals surface area contributed by atoms with Gasteiger partial charge in [0.25, 0.3) is 0 Å². The number of carbonyl (C=O) groups is 4. The van der Waals surface area contributed by atoms with Crippen LogP contribution in [0.1, 0.15) is 80.0 Å². The third-order valence-electron chi connectivity index (χ3n) is 15.8. The zero-order chi connectivity index (χ0) is 59.6. The van der Waals surface area contributed by atoms with E-state index in [-0.39, 0.29) is 51.1 Å².